The molecule has 0 aliphatic heterocycles. The average Bonchev–Trinajstić information content (AvgIpc) is 2.27. The SMILES string of the molecule is Cc1cccc(CN(C)CC2(N)CCCC(C)C2)c1. The highest BCUT2D eigenvalue weighted by molar-refractivity contribution is 5.22. The van der Waals surface area contributed by atoms with E-state index < -0.39 is 0 Å². The van der Waals surface area contributed by atoms with Crippen LogP contribution in [-0.2, 0) is 6.54 Å². The zero-order valence-corrected chi connectivity index (χ0v) is 12.7. The fourth-order valence-electron chi connectivity index (χ4n) is 3.56. The lowest BCUT2D eigenvalue weighted by Crippen LogP contribution is -2.51. The van der Waals surface area contributed by atoms with E-state index in [1.54, 1.807) is 0 Å². The number of hydrogen-bond acceptors (Lipinski definition) is 2. The number of rotatable bonds is 4. The second kappa shape index (κ2) is 6.06. The van der Waals surface area contributed by atoms with E-state index in [0.29, 0.717) is 0 Å². The van der Waals surface area contributed by atoms with E-state index >= 15 is 0 Å². The Morgan fingerprint density at radius 3 is 2.89 bits per heavy atom. The molecule has 0 spiro atoms. The van der Waals surface area contributed by atoms with E-state index in [1.807, 2.05) is 0 Å². The van der Waals surface area contributed by atoms with Gasteiger partial charge in [0.25, 0.3) is 0 Å². The molecule has 2 atom stereocenters. The molecule has 1 aromatic rings. The Labute approximate surface area is 118 Å². The Morgan fingerprint density at radius 2 is 2.21 bits per heavy atom. The molecule has 1 aromatic carbocycles. The maximum absolute atomic E-state index is 6.59. The van der Waals surface area contributed by atoms with Crippen LogP contribution in [0.15, 0.2) is 24.3 Å². The molecule has 0 radical (unpaired) electrons. The molecule has 0 bridgehead atoms. The molecule has 19 heavy (non-hydrogen) atoms. The van der Waals surface area contributed by atoms with Crippen LogP contribution in [0.4, 0.5) is 0 Å². The fourth-order valence-corrected chi connectivity index (χ4v) is 3.56. The van der Waals surface area contributed by atoms with E-state index in [0.717, 1.165) is 19.0 Å². The minimum Gasteiger partial charge on any atom is -0.324 e. The van der Waals surface area contributed by atoms with Crippen molar-refractivity contribution in [3.05, 3.63) is 35.4 Å². The van der Waals surface area contributed by atoms with Gasteiger partial charge in [0.1, 0.15) is 0 Å². The van der Waals surface area contributed by atoms with Gasteiger partial charge in [-0.1, -0.05) is 49.6 Å². The Balaban J connectivity index is 1.91. The Morgan fingerprint density at radius 1 is 1.42 bits per heavy atom. The van der Waals surface area contributed by atoms with Gasteiger partial charge in [-0.15, -0.1) is 0 Å². The van der Waals surface area contributed by atoms with Crippen molar-refractivity contribution in [2.75, 3.05) is 13.6 Å². The molecule has 1 saturated carbocycles. The first-order valence-corrected chi connectivity index (χ1v) is 7.50. The van der Waals surface area contributed by atoms with Crippen molar-refractivity contribution in [2.45, 2.75) is 51.6 Å². The number of benzene rings is 1. The highest BCUT2D eigenvalue weighted by Gasteiger charge is 2.31. The van der Waals surface area contributed by atoms with Gasteiger partial charge in [0.15, 0.2) is 0 Å². The summed E-state index contributed by atoms with van der Waals surface area (Å²) in [6.45, 7) is 6.48. The Hall–Kier alpha value is -0.860. The molecule has 0 saturated heterocycles. The summed E-state index contributed by atoms with van der Waals surface area (Å²) in [6.07, 6.45) is 4.98. The van der Waals surface area contributed by atoms with Gasteiger partial charge >= 0.3 is 0 Å². The molecule has 1 fully saturated rings. The molecular formula is C17H28N2. The number of nitrogens with two attached hydrogens (primary N) is 1. The molecule has 0 aromatic heterocycles. The van der Waals surface area contributed by atoms with Gasteiger partial charge < -0.3 is 10.6 Å². The first-order valence-electron chi connectivity index (χ1n) is 7.50. The quantitative estimate of drug-likeness (QED) is 0.899. The van der Waals surface area contributed by atoms with Crippen LogP contribution in [-0.4, -0.2) is 24.0 Å². The lowest BCUT2D eigenvalue weighted by molar-refractivity contribution is 0.165. The fraction of sp³-hybridized carbons (Fsp3) is 0.647. The van der Waals surface area contributed by atoms with Gasteiger partial charge in [0, 0.05) is 18.6 Å². The van der Waals surface area contributed by atoms with Crippen molar-refractivity contribution >= 4 is 0 Å². The lowest BCUT2D eigenvalue weighted by atomic mass is 9.77. The lowest BCUT2D eigenvalue weighted by Gasteiger charge is -2.39. The summed E-state index contributed by atoms with van der Waals surface area (Å²) in [5.74, 6) is 0.783. The average molecular weight is 260 g/mol. The van der Waals surface area contributed by atoms with E-state index in [4.69, 9.17) is 5.73 Å². The van der Waals surface area contributed by atoms with E-state index in [-0.39, 0.29) is 5.54 Å². The summed E-state index contributed by atoms with van der Waals surface area (Å²) in [5.41, 5.74) is 9.33. The van der Waals surface area contributed by atoms with Crippen molar-refractivity contribution in [1.29, 1.82) is 0 Å². The van der Waals surface area contributed by atoms with Crippen LogP contribution in [0.1, 0.15) is 43.7 Å². The smallest absolute Gasteiger partial charge is 0.0285 e. The van der Waals surface area contributed by atoms with E-state index in [1.165, 1.54) is 36.8 Å². The minimum atomic E-state index is 0.0240. The van der Waals surface area contributed by atoms with Crippen LogP contribution in [0.25, 0.3) is 0 Å². The summed E-state index contributed by atoms with van der Waals surface area (Å²) in [7, 11) is 2.19. The summed E-state index contributed by atoms with van der Waals surface area (Å²) >= 11 is 0. The molecule has 2 nitrogen and oxygen atoms in total. The van der Waals surface area contributed by atoms with Gasteiger partial charge in [-0.25, -0.2) is 0 Å². The molecule has 2 rings (SSSR count). The molecule has 106 valence electrons. The summed E-state index contributed by atoms with van der Waals surface area (Å²) in [5, 5.41) is 0. The Bertz CT molecular complexity index is 415. The summed E-state index contributed by atoms with van der Waals surface area (Å²) in [6, 6.07) is 8.76. The van der Waals surface area contributed by atoms with Crippen LogP contribution >= 0.6 is 0 Å². The molecule has 1 aliphatic carbocycles. The van der Waals surface area contributed by atoms with E-state index in [9.17, 15) is 0 Å². The third-order valence-electron chi connectivity index (χ3n) is 4.25. The maximum atomic E-state index is 6.59. The third-order valence-corrected chi connectivity index (χ3v) is 4.25. The number of likely N-dealkylation sites (N-methyl/N-ethyl adjacent to an activating group) is 1. The van der Waals surface area contributed by atoms with Crippen molar-refractivity contribution in [3.63, 3.8) is 0 Å². The highest BCUT2D eigenvalue weighted by atomic mass is 15.1. The van der Waals surface area contributed by atoms with Crippen LogP contribution in [0.2, 0.25) is 0 Å². The number of hydrogen-bond donors (Lipinski definition) is 1. The zero-order chi connectivity index (χ0) is 13.9. The topological polar surface area (TPSA) is 29.3 Å². The molecule has 0 amide bonds. The summed E-state index contributed by atoms with van der Waals surface area (Å²) in [4.78, 5) is 2.38. The minimum absolute atomic E-state index is 0.0240. The van der Waals surface area contributed by atoms with Crippen LogP contribution in [0.5, 0.6) is 0 Å². The predicted octanol–water partition coefficient (Wildman–Crippen LogP) is 3.33. The molecule has 1 aliphatic rings. The molecule has 0 heterocycles. The standard InChI is InChI=1S/C17H28N2/c1-14-6-4-8-16(10-14)12-19(3)13-17(18)9-5-7-15(2)11-17/h4,6,8,10,15H,5,7,9,11-13,18H2,1-3H3. The first-order chi connectivity index (χ1) is 8.97. The van der Waals surface area contributed by atoms with Crippen LogP contribution < -0.4 is 5.73 Å². The number of nitrogens with zero attached hydrogens (tertiary/aromatic N) is 1. The van der Waals surface area contributed by atoms with Gasteiger partial charge in [-0.2, -0.15) is 0 Å². The van der Waals surface area contributed by atoms with Gasteiger partial charge in [0.2, 0.25) is 0 Å². The monoisotopic (exact) mass is 260 g/mol. The Kier molecular flexibility index (Phi) is 4.64. The normalized spacial score (nSPS) is 27.7. The van der Waals surface area contributed by atoms with Gasteiger partial charge in [-0.3, -0.25) is 0 Å². The number of aryl methyl sites for hydroxylation is 1. The largest absolute Gasteiger partial charge is 0.324 e. The second-order valence-corrected chi connectivity index (χ2v) is 6.73. The van der Waals surface area contributed by atoms with Crippen molar-refractivity contribution in [1.82, 2.24) is 4.90 Å². The zero-order valence-electron chi connectivity index (χ0n) is 12.7. The molecule has 2 unspecified atom stereocenters. The second-order valence-electron chi connectivity index (χ2n) is 6.73. The van der Waals surface area contributed by atoms with E-state index in [2.05, 4.69) is 50.1 Å². The molecule has 2 heteroatoms. The van der Waals surface area contributed by atoms with Crippen molar-refractivity contribution < 1.29 is 0 Å². The summed E-state index contributed by atoms with van der Waals surface area (Å²) < 4.78 is 0. The third kappa shape index (κ3) is 4.32. The highest BCUT2D eigenvalue weighted by Crippen LogP contribution is 2.31. The van der Waals surface area contributed by atoms with Crippen LogP contribution in [0.3, 0.4) is 0 Å². The van der Waals surface area contributed by atoms with Crippen molar-refractivity contribution in [3.8, 4) is 0 Å². The van der Waals surface area contributed by atoms with Crippen LogP contribution in [0, 0.1) is 12.8 Å². The predicted molar refractivity (Wildman–Crippen MR) is 82.1 cm³/mol. The van der Waals surface area contributed by atoms with Gasteiger partial charge in [0.05, 0.1) is 0 Å². The van der Waals surface area contributed by atoms with Crippen molar-refractivity contribution in [2.24, 2.45) is 11.7 Å². The molecule has 2 N–H and O–H groups in total. The first kappa shape index (κ1) is 14.5. The maximum Gasteiger partial charge on any atom is 0.0285 e. The van der Waals surface area contributed by atoms with Gasteiger partial charge in [-0.05, 0) is 38.3 Å². The molecular weight excluding hydrogens is 232 g/mol.